The van der Waals surface area contributed by atoms with Gasteiger partial charge in [0.15, 0.2) is 5.76 Å². The number of aromatic nitrogens is 3. The summed E-state index contributed by atoms with van der Waals surface area (Å²) in [5.41, 5.74) is 2.42. The van der Waals surface area contributed by atoms with E-state index in [1.165, 1.54) is 4.31 Å². The lowest BCUT2D eigenvalue weighted by Crippen LogP contribution is -2.37. The first-order valence-electron chi connectivity index (χ1n) is 10.8. The number of nitrogens with zero attached hydrogens (tertiary/aromatic N) is 5. The molecule has 0 spiro atoms. The molecule has 1 aliphatic heterocycles. The Morgan fingerprint density at radius 1 is 1.18 bits per heavy atom. The van der Waals surface area contributed by atoms with Gasteiger partial charge in [0.05, 0.1) is 23.1 Å². The quantitative estimate of drug-likeness (QED) is 0.543. The first-order valence-corrected chi connectivity index (χ1v) is 12.6. The van der Waals surface area contributed by atoms with Gasteiger partial charge in [0, 0.05) is 31.2 Å². The molecule has 33 heavy (non-hydrogen) atoms. The third kappa shape index (κ3) is 4.42. The molecular formula is C22H26ClN5O4S. The van der Waals surface area contributed by atoms with Gasteiger partial charge >= 0.3 is 0 Å². The molecule has 0 radical (unpaired) electrons. The average Bonchev–Trinajstić information content (AvgIpc) is 3.26. The van der Waals surface area contributed by atoms with Gasteiger partial charge in [-0.05, 0) is 44.9 Å². The molecule has 9 nitrogen and oxygen atoms in total. The van der Waals surface area contributed by atoms with Crippen molar-refractivity contribution in [3.8, 4) is 5.69 Å². The molecule has 0 unspecified atom stereocenters. The van der Waals surface area contributed by atoms with Gasteiger partial charge in [-0.15, -0.1) is 0 Å². The average molecular weight is 492 g/mol. The highest BCUT2D eigenvalue weighted by Crippen LogP contribution is 2.25. The maximum Gasteiger partial charge on any atom is 0.257 e. The Balaban J connectivity index is 1.55. The summed E-state index contributed by atoms with van der Waals surface area (Å²) in [6, 6.07) is 7.30. The molecule has 0 aliphatic carbocycles. The summed E-state index contributed by atoms with van der Waals surface area (Å²) in [6.45, 7) is 6.42. The van der Waals surface area contributed by atoms with Crippen LogP contribution < -0.4 is 0 Å². The largest absolute Gasteiger partial charge is 0.360 e. The van der Waals surface area contributed by atoms with Gasteiger partial charge in [0.1, 0.15) is 10.6 Å². The number of amides is 1. The number of carbonyl (C=O) groups excluding carboxylic acids is 1. The zero-order chi connectivity index (χ0) is 23.8. The number of benzene rings is 1. The predicted molar refractivity (Wildman–Crippen MR) is 123 cm³/mol. The third-order valence-electron chi connectivity index (χ3n) is 5.79. The number of rotatable bonds is 5. The zero-order valence-corrected chi connectivity index (χ0v) is 20.4. The standard InChI is InChI=1S/C22H26ClN5O4S/c1-4-20-19(14-24-28(20)18-8-5-7-17(23)13-18)22(29)26-9-6-10-27(12-11-26)33(30,31)21-15(2)25-32-16(21)3/h5,7-8,13-14H,4,6,9-12H2,1-3H3. The van der Waals surface area contributed by atoms with Crippen LogP contribution in [0.3, 0.4) is 0 Å². The van der Waals surface area contributed by atoms with Crippen molar-refractivity contribution >= 4 is 27.5 Å². The van der Waals surface area contributed by atoms with Gasteiger partial charge in [0.25, 0.3) is 5.91 Å². The van der Waals surface area contributed by atoms with Gasteiger partial charge in [-0.3, -0.25) is 4.79 Å². The maximum absolute atomic E-state index is 13.4. The minimum atomic E-state index is -3.76. The van der Waals surface area contributed by atoms with Crippen molar-refractivity contribution in [1.29, 1.82) is 0 Å². The van der Waals surface area contributed by atoms with Crippen LogP contribution in [0.5, 0.6) is 0 Å². The normalized spacial score (nSPS) is 15.6. The molecule has 1 aromatic carbocycles. The van der Waals surface area contributed by atoms with E-state index >= 15 is 0 Å². The van der Waals surface area contributed by atoms with Crippen molar-refractivity contribution in [3.63, 3.8) is 0 Å². The molecule has 3 aromatic rings. The maximum atomic E-state index is 13.4. The number of sulfonamides is 1. The molecule has 0 bridgehead atoms. The van der Waals surface area contributed by atoms with Crippen molar-refractivity contribution in [3.05, 3.63) is 58.2 Å². The molecule has 0 atom stereocenters. The SMILES string of the molecule is CCc1c(C(=O)N2CCCN(S(=O)(=O)c3c(C)noc3C)CC2)cnn1-c1cccc(Cl)c1. The monoisotopic (exact) mass is 491 g/mol. The zero-order valence-electron chi connectivity index (χ0n) is 18.8. The second-order valence-corrected chi connectivity index (χ2v) is 10.3. The summed E-state index contributed by atoms with van der Waals surface area (Å²) in [4.78, 5) is 15.2. The molecule has 0 N–H and O–H groups in total. The molecule has 1 saturated heterocycles. The molecule has 176 valence electrons. The van der Waals surface area contributed by atoms with Gasteiger partial charge in [0.2, 0.25) is 10.0 Å². The summed E-state index contributed by atoms with van der Waals surface area (Å²) in [7, 11) is -3.76. The lowest BCUT2D eigenvalue weighted by molar-refractivity contribution is 0.0763. The number of hydrogen-bond donors (Lipinski definition) is 0. The molecule has 11 heteroatoms. The van der Waals surface area contributed by atoms with Crippen LogP contribution >= 0.6 is 11.6 Å². The van der Waals surface area contributed by atoms with Crippen molar-refractivity contribution in [2.24, 2.45) is 0 Å². The minimum Gasteiger partial charge on any atom is -0.360 e. The summed E-state index contributed by atoms with van der Waals surface area (Å²) < 4.78 is 34.5. The van der Waals surface area contributed by atoms with E-state index in [2.05, 4.69) is 10.3 Å². The second-order valence-electron chi connectivity index (χ2n) is 7.95. The van der Waals surface area contributed by atoms with Crippen LogP contribution in [0.25, 0.3) is 5.69 Å². The lowest BCUT2D eigenvalue weighted by atomic mass is 10.1. The number of halogens is 1. The van der Waals surface area contributed by atoms with Gasteiger partial charge in [-0.1, -0.05) is 29.7 Å². The van der Waals surface area contributed by atoms with E-state index in [0.29, 0.717) is 42.2 Å². The van der Waals surface area contributed by atoms with E-state index in [-0.39, 0.29) is 29.7 Å². The molecule has 3 heterocycles. The van der Waals surface area contributed by atoms with Crippen molar-refractivity contribution in [2.45, 2.75) is 38.5 Å². The predicted octanol–water partition coefficient (Wildman–Crippen LogP) is 3.23. The Morgan fingerprint density at radius 2 is 1.97 bits per heavy atom. The summed E-state index contributed by atoms with van der Waals surface area (Å²) in [6.07, 6.45) is 2.71. The fourth-order valence-corrected chi connectivity index (χ4v) is 6.15. The molecule has 1 fully saturated rings. The Bertz CT molecular complexity index is 1260. The molecule has 1 aliphatic rings. The van der Waals surface area contributed by atoms with Crippen LogP contribution in [0.15, 0.2) is 39.9 Å². The van der Waals surface area contributed by atoms with Gasteiger partial charge in [-0.25, -0.2) is 13.1 Å². The van der Waals surface area contributed by atoms with Crippen LogP contribution in [-0.2, 0) is 16.4 Å². The fraction of sp³-hybridized carbons (Fsp3) is 0.409. The van der Waals surface area contributed by atoms with Gasteiger partial charge < -0.3 is 9.42 Å². The summed E-state index contributed by atoms with van der Waals surface area (Å²) in [5, 5.41) is 8.79. The Labute approximate surface area is 198 Å². The van der Waals surface area contributed by atoms with Crippen LogP contribution in [-0.4, -0.2) is 64.6 Å². The van der Waals surface area contributed by atoms with E-state index in [9.17, 15) is 13.2 Å². The molecule has 0 saturated carbocycles. The van der Waals surface area contributed by atoms with Crippen molar-refractivity contribution < 1.29 is 17.7 Å². The lowest BCUT2D eigenvalue weighted by Gasteiger charge is -2.22. The topological polar surface area (TPSA) is 102 Å². The minimum absolute atomic E-state index is 0.110. The summed E-state index contributed by atoms with van der Waals surface area (Å²) >= 11 is 6.13. The Kier molecular flexibility index (Phi) is 6.60. The first-order chi connectivity index (χ1) is 15.7. The smallest absolute Gasteiger partial charge is 0.257 e. The highest BCUT2D eigenvalue weighted by molar-refractivity contribution is 7.89. The third-order valence-corrected chi connectivity index (χ3v) is 8.17. The molecule has 2 aromatic heterocycles. The van der Waals surface area contributed by atoms with E-state index in [1.807, 2.05) is 19.1 Å². The molecule has 1 amide bonds. The number of hydrogen-bond acceptors (Lipinski definition) is 6. The number of aryl methyl sites for hydroxylation is 2. The molecular weight excluding hydrogens is 466 g/mol. The fourth-order valence-electron chi connectivity index (χ4n) is 4.20. The van der Waals surface area contributed by atoms with E-state index in [1.54, 1.807) is 41.8 Å². The van der Waals surface area contributed by atoms with Crippen LogP contribution in [0.4, 0.5) is 0 Å². The highest BCUT2D eigenvalue weighted by atomic mass is 35.5. The Hall–Kier alpha value is -2.69. The van der Waals surface area contributed by atoms with E-state index < -0.39 is 10.0 Å². The highest BCUT2D eigenvalue weighted by Gasteiger charge is 2.33. The second kappa shape index (κ2) is 9.28. The van der Waals surface area contributed by atoms with Crippen molar-refractivity contribution in [1.82, 2.24) is 24.1 Å². The first kappa shape index (κ1) is 23.5. The Morgan fingerprint density at radius 3 is 2.64 bits per heavy atom. The van der Waals surface area contributed by atoms with Crippen molar-refractivity contribution in [2.75, 3.05) is 26.2 Å². The van der Waals surface area contributed by atoms with E-state index in [0.717, 1.165) is 11.4 Å². The number of carbonyl (C=O) groups is 1. The molecule has 4 rings (SSSR count). The van der Waals surface area contributed by atoms with Crippen LogP contribution in [0.2, 0.25) is 5.02 Å². The summed E-state index contributed by atoms with van der Waals surface area (Å²) in [5.74, 6) is 0.113. The van der Waals surface area contributed by atoms with Crippen LogP contribution in [0, 0.1) is 13.8 Å². The van der Waals surface area contributed by atoms with Crippen LogP contribution in [0.1, 0.15) is 40.9 Å². The van der Waals surface area contributed by atoms with E-state index in [4.69, 9.17) is 16.1 Å². The van der Waals surface area contributed by atoms with Gasteiger partial charge in [-0.2, -0.15) is 9.40 Å².